The van der Waals surface area contributed by atoms with Gasteiger partial charge in [0.05, 0.1) is 0 Å². The fourth-order valence-electron chi connectivity index (χ4n) is 3.31. The topological polar surface area (TPSA) is 32.3 Å². The molecule has 0 aliphatic carbocycles. The molecule has 3 aromatic rings. The number of nitrogens with zero attached hydrogens (tertiary/aromatic N) is 1. The molecule has 3 nitrogen and oxygen atoms in total. The van der Waals surface area contributed by atoms with E-state index < -0.39 is 35.1 Å². The number of hydrogen-bond acceptors (Lipinski definition) is 2. The number of carbonyl (C=O) groups is 1. The highest BCUT2D eigenvalue weighted by molar-refractivity contribution is 5.99. The molecular formula is C21H14F4N2O. The van der Waals surface area contributed by atoms with E-state index in [2.05, 4.69) is 5.32 Å². The number of nitrogens with one attached hydrogen (secondary N) is 1. The van der Waals surface area contributed by atoms with E-state index >= 15 is 0 Å². The summed E-state index contributed by atoms with van der Waals surface area (Å²) in [6.07, 6.45) is -0.992. The Morgan fingerprint density at radius 2 is 1.46 bits per heavy atom. The molecule has 1 N–H and O–H groups in total. The Morgan fingerprint density at radius 3 is 2.14 bits per heavy atom. The third-order valence-electron chi connectivity index (χ3n) is 4.65. The lowest BCUT2D eigenvalue weighted by molar-refractivity contribution is 0.0728. The Morgan fingerprint density at radius 1 is 0.857 bits per heavy atom. The number of halogens is 4. The Balaban J connectivity index is 1.77. The zero-order valence-electron chi connectivity index (χ0n) is 14.4. The predicted octanol–water partition coefficient (Wildman–Crippen LogP) is 5.01. The molecule has 0 bridgehead atoms. The first-order valence-electron chi connectivity index (χ1n) is 8.50. The van der Waals surface area contributed by atoms with E-state index in [0.717, 1.165) is 5.56 Å². The average Bonchev–Trinajstić information content (AvgIpc) is 2.96. The molecule has 7 heteroatoms. The molecule has 0 spiro atoms. The van der Waals surface area contributed by atoms with E-state index in [1.165, 1.54) is 4.90 Å². The van der Waals surface area contributed by atoms with Gasteiger partial charge >= 0.3 is 0 Å². The van der Waals surface area contributed by atoms with Crippen molar-refractivity contribution in [1.29, 1.82) is 0 Å². The minimum atomic E-state index is -1.55. The molecule has 1 amide bonds. The van der Waals surface area contributed by atoms with Crippen LogP contribution in [0.25, 0.3) is 0 Å². The summed E-state index contributed by atoms with van der Waals surface area (Å²) in [5.74, 6) is -6.48. The Kier molecular flexibility index (Phi) is 4.50. The van der Waals surface area contributed by atoms with E-state index in [9.17, 15) is 22.4 Å². The van der Waals surface area contributed by atoms with Crippen molar-refractivity contribution >= 4 is 11.6 Å². The molecule has 28 heavy (non-hydrogen) atoms. The number of hydrogen-bond donors (Lipinski definition) is 1. The quantitative estimate of drug-likeness (QED) is 0.505. The van der Waals surface area contributed by atoms with Crippen molar-refractivity contribution < 1.29 is 22.4 Å². The Labute approximate surface area is 158 Å². The van der Waals surface area contributed by atoms with E-state index in [-0.39, 0.29) is 18.5 Å². The Bertz CT molecular complexity index is 1030. The van der Waals surface area contributed by atoms with Crippen molar-refractivity contribution in [2.45, 2.75) is 12.7 Å². The van der Waals surface area contributed by atoms with Crippen molar-refractivity contribution in [2.75, 3.05) is 5.32 Å². The van der Waals surface area contributed by atoms with Gasteiger partial charge in [0.1, 0.15) is 11.9 Å². The van der Waals surface area contributed by atoms with Crippen molar-refractivity contribution in [1.82, 2.24) is 4.90 Å². The first-order valence-corrected chi connectivity index (χ1v) is 8.50. The van der Waals surface area contributed by atoms with Gasteiger partial charge in [0, 0.05) is 23.7 Å². The number of carbonyl (C=O) groups excluding carboxylic acids is 1. The first-order chi connectivity index (χ1) is 13.5. The molecule has 0 saturated carbocycles. The highest BCUT2D eigenvalue weighted by Crippen LogP contribution is 2.37. The summed E-state index contributed by atoms with van der Waals surface area (Å²) in [5.41, 5.74) is 0.660. The highest BCUT2D eigenvalue weighted by atomic mass is 19.2. The SMILES string of the molecule is O=C1c2ccccc2[C@H](Nc2c(F)c(F)cc(F)c2F)N1Cc1ccccc1. The standard InChI is InChI=1S/C21H14F4N2O/c22-15-10-16(23)18(25)19(17(15)24)26-20-13-8-4-5-9-14(13)21(28)27(20)11-12-6-2-1-3-7-12/h1-10,20,26H,11H2/t20-/m1/s1. The van der Waals surface area contributed by atoms with Crippen LogP contribution in [-0.2, 0) is 6.54 Å². The minimum absolute atomic E-state index is 0.144. The van der Waals surface area contributed by atoms with Gasteiger partial charge in [0.15, 0.2) is 23.3 Å². The molecule has 0 radical (unpaired) electrons. The smallest absolute Gasteiger partial charge is 0.256 e. The van der Waals surface area contributed by atoms with Crippen LogP contribution in [0.3, 0.4) is 0 Å². The maximum Gasteiger partial charge on any atom is 0.256 e. The second-order valence-electron chi connectivity index (χ2n) is 6.40. The third kappa shape index (κ3) is 2.98. The second-order valence-corrected chi connectivity index (χ2v) is 6.40. The van der Waals surface area contributed by atoms with Crippen LogP contribution >= 0.6 is 0 Å². The van der Waals surface area contributed by atoms with Crippen molar-refractivity contribution in [2.24, 2.45) is 0 Å². The largest absolute Gasteiger partial charge is 0.356 e. The molecule has 4 rings (SSSR count). The molecule has 0 fully saturated rings. The number of benzene rings is 3. The number of fused-ring (bicyclic) bond motifs is 1. The maximum atomic E-state index is 14.2. The molecule has 0 unspecified atom stereocenters. The second kappa shape index (κ2) is 6.99. The minimum Gasteiger partial charge on any atom is -0.356 e. The van der Waals surface area contributed by atoms with Crippen molar-refractivity contribution in [3.8, 4) is 0 Å². The average molecular weight is 386 g/mol. The molecule has 1 aliphatic rings. The molecular weight excluding hydrogens is 372 g/mol. The molecule has 0 aromatic heterocycles. The lowest BCUT2D eigenvalue weighted by atomic mass is 10.1. The highest BCUT2D eigenvalue weighted by Gasteiger charge is 2.37. The lowest BCUT2D eigenvalue weighted by Gasteiger charge is -2.27. The number of amides is 1. The summed E-state index contributed by atoms with van der Waals surface area (Å²) in [6.45, 7) is 0.146. The molecule has 1 atom stereocenters. The number of anilines is 1. The summed E-state index contributed by atoms with van der Waals surface area (Å²) in [6, 6.07) is 15.7. The summed E-state index contributed by atoms with van der Waals surface area (Å²) < 4.78 is 55.6. The summed E-state index contributed by atoms with van der Waals surface area (Å²) >= 11 is 0. The van der Waals surface area contributed by atoms with Gasteiger partial charge in [-0.05, 0) is 11.6 Å². The van der Waals surface area contributed by atoms with Crippen LogP contribution in [0.5, 0.6) is 0 Å². The Hall–Kier alpha value is -3.35. The van der Waals surface area contributed by atoms with Crippen LogP contribution in [0.4, 0.5) is 23.2 Å². The van der Waals surface area contributed by atoms with Crippen LogP contribution in [0.2, 0.25) is 0 Å². The molecule has 3 aromatic carbocycles. The van der Waals surface area contributed by atoms with Crippen molar-refractivity contribution in [3.63, 3.8) is 0 Å². The molecule has 1 aliphatic heterocycles. The summed E-state index contributed by atoms with van der Waals surface area (Å²) in [7, 11) is 0. The van der Waals surface area contributed by atoms with Crippen LogP contribution < -0.4 is 5.32 Å². The van der Waals surface area contributed by atoms with E-state index in [1.807, 2.05) is 6.07 Å². The summed E-state index contributed by atoms with van der Waals surface area (Å²) in [5, 5.41) is 2.49. The third-order valence-corrected chi connectivity index (χ3v) is 4.65. The lowest BCUT2D eigenvalue weighted by Crippen LogP contribution is -2.32. The van der Waals surface area contributed by atoms with Gasteiger partial charge in [-0.25, -0.2) is 17.6 Å². The van der Waals surface area contributed by atoms with Crippen LogP contribution in [0.15, 0.2) is 60.7 Å². The van der Waals surface area contributed by atoms with Crippen LogP contribution in [0, 0.1) is 23.3 Å². The van der Waals surface area contributed by atoms with Crippen LogP contribution in [0.1, 0.15) is 27.7 Å². The van der Waals surface area contributed by atoms with Gasteiger partial charge < -0.3 is 10.2 Å². The molecule has 0 saturated heterocycles. The number of rotatable bonds is 4. The molecule has 1 heterocycles. The van der Waals surface area contributed by atoms with E-state index in [4.69, 9.17) is 0 Å². The molecule has 142 valence electrons. The van der Waals surface area contributed by atoms with E-state index in [1.54, 1.807) is 48.5 Å². The normalized spacial score (nSPS) is 15.6. The van der Waals surface area contributed by atoms with Crippen LogP contribution in [-0.4, -0.2) is 10.8 Å². The first kappa shape index (κ1) is 18.0. The van der Waals surface area contributed by atoms with Gasteiger partial charge in [-0.15, -0.1) is 0 Å². The fourth-order valence-corrected chi connectivity index (χ4v) is 3.31. The van der Waals surface area contributed by atoms with E-state index in [0.29, 0.717) is 11.1 Å². The monoisotopic (exact) mass is 386 g/mol. The zero-order chi connectivity index (χ0) is 19.8. The van der Waals surface area contributed by atoms with Gasteiger partial charge in [-0.1, -0.05) is 48.5 Å². The fraction of sp³-hybridized carbons (Fsp3) is 0.0952. The predicted molar refractivity (Wildman–Crippen MR) is 95.4 cm³/mol. The van der Waals surface area contributed by atoms with Gasteiger partial charge in [-0.2, -0.15) is 0 Å². The van der Waals surface area contributed by atoms with Gasteiger partial charge in [0.25, 0.3) is 5.91 Å². The van der Waals surface area contributed by atoms with Gasteiger partial charge in [-0.3, -0.25) is 4.79 Å². The zero-order valence-corrected chi connectivity index (χ0v) is 14.4. The maximum absolute atomic E-state index is 14.2. The summed E-state index contributed by atoms with van der Waals surface area (Å²) in [4.78, 5) is 14.2. The van der Waals surface area contributed by atoms with Gasteiger partial charge in [0.2, 0.25) is 0 Å². The van der Waals surface area contributed by atoms with Crippen molar-refractivity contribution in [3.05, 3.63) is 101 Å².